The first kappa shape index (κ1) is 16.5. The Morgan fingerprint density at radius 3 is 2.70 bits per heavy atom. The van der Waals surface area contributed by atoms with Gasteiger partial charge in [-0.2, -0.15) is 0 Å². The molecule has 0 amide bonds. The van der Waals surface area contributed by atoms with Crippen molar-refractivity contribution in [3.8, 4) is 0 Å². The fourth-order valence-electron chi connectivity index (χ4n) is 3.58. The number of aryl methyl sites for hydroxylation is 1. The van der Waals surface area contributed by atoms with Gasteiger partial charge in [-0.1, -0.05) is 39.5 Å². The summed E-state index contributed by atoms with van der Waals surface area (Å²) in [6, 6.07) is 2.96. The van der Waals surface area contributed by atoms with E-state index in [-0.39, 0.29) is 0 Å². The highest BCUT2D eigenvalue weighted by atomic mass is 79.9. The van der Waals surface area contributed by atoms with Crippen molar-refractivity contribution < 1.29 is 0 Å². The molecule has 0 spiro atoms. The summed E-state index contributed by atoms with van der Waals surface area (Å²) < 4.78 is 1.31. The smallest absolute Gasteiger partial charge is 0.0731 e. The monoisotopic (exact) mass is 357 g/mol. The van der Waals surface area contributed by atoms with Gasteiger partial charge in [0.05, 0.1) is 3.79 Å². The van der Waals surface area contributed by atoms with Crippen molar-refractivity contribution in [3.63, 3.8) is 0 Å². The van der Waals surface area contributed by atoms with Gasteiger partial charge >= 0.3 is 0 Å². The van der Waals surface area contributed by atoms with Gasteiger partial charge in [-0.25, -0.2) is 0 Å². The number of hydrogen-bond acceptors (Lipinski definition) is 2. The molecule has 0 aliphatic heterocycles. The summed E-state index contributed by atoms with van der Waals surface area (Å²) in [4.78, 5) is 1.54. The van der Waals surface area contributed by atoms with Crippen LogP contribution in [-0.2, 0) is 0 Å². The van der Waals surface area contributed by atoms with Crippen molar-refractivity contribution >= 4 is 27.3 Å². The Kier molecular flexibility index (Phi) is 6.57. The number of hydrogen-bond donors (Lipinski definition) is 1. The van der Waals surface area contributed by atoms with Crippen LogP contribution in [0, 0.1) is 18.8 Å². The third-order valence-corrected chi connectivity index (χ3v) is 6.94. The molecule has 3 atom stereocenters. The Morgan fingerprint density at radius 2 is 2.10 bits per heavy atom. The van der Waals surface area contributed by atoms with E-state index in [9.17, 15) is 0 Å². The molecule has 1 aliphatic rings. The van der Waals surface area contributed by atoms with Gasteiger partial charge in [0.2, 0.25) is 0 Å². The van der Waals surface area contributed by atoms with E-state index in [1.54, 1.807) is 0 Å². The molecule has 1 nitrogen and oxygen atoms in total. The Balaban J connectivity index is 2.21. The Bertz CT molecular complexity index is 396. The highest BCUT2D eigenvalue weighted by Crippen LogP contribution is 2.43. The maximum atomic E-state index is 3.85. The lowest BCUT2D eigenvalue weighted by Gasteiger charge is -2.37. The predicted molar refractivity (Wildman–Crippen MR) is 93.5 cm³/mol. The molecule has 1 saturated carbocycles. The average Bonchev–Trinajstić information content (AvgIpc) is 2.79. The first-order valence-corrected chi connectivity index (χ1v) is 9.77. The molecule has 1 N–H and O–H groups in total. The molecular weight excluding hydrogens is 330 g/mol. The highest BCUT2D eigenvalue weighted by molar-refractivity contribution is 9.11. The van der Waals surface area contributed by atoms with Crippen LogP contribution in [0.2, 0.25) is 0 Å². The molecule has 20 heavy (non-hydrogen) atoms. The van der Waals surface area contributed by atoms with Gasteiger partial charge in [-0.05, 0) is 65.7 Å². The summed E-state index contributed by atoms with van der Waals surface area (Å²) in [6.07, 6.45) is 8.22. The molecule has 1 fully saturated rings. The normalized spacial score (nSPS) is 24.8. The minimum atomic E-state index is 0.565. The lowest BCUT2D eigenvalue weighted by Crippen LogP contribution is -2.34. The lowest BCUT2D eigenvalue weighted by atomic mass is 9.73. The van der Waals surface area contributed by atoms with Crippen LogP contribution in [0.4, 0.5) is 0 Å². The molecule has 1 aromatic heterocycles. The van der Waals surface area contributed by atoms with Crippen LogP contribution in [0.5, 0.6) is 0 Å². The maximum Gasteiger partial charge on any atom is 0.0731 e. The van der Waals surface area contributed by atoms with Crippen LogP contribution in [0.25, 0.3) is 0 Å². The van der Waals surface area contributed by atoms with Crippen molar-refractivity contribution in [2.75, 3.05) is 6.54 Å². The molecule has 114 valence electrons. The molecule has 0 radical (unpaired) electrons. The van der Waals surface area contributed by atoms with Crippen molar-refractivity contribution in [2.24, 2.45) is 11.8 Å². The molecule has 1 aromatic rings. The van der Waals surface area contributed by atoms with Gasteiger partial charge in [0.15, 0.2) is 0 Å². The lowest BCUT2D eigenvalue weighted by molar-refractivity contribution is 0.177. The Hall–Kier alpha value is 0.140. The predicted octanol–water partition coefficient (Wildman–Crippen LogP) is 6.08. The topological polar surface area (TPSA) is 12.0 Å². The van der Waals surface area contributed by atoms with E-state index >= 15 is 0 Å². The fraction of sp³-hybridized carbons (Fsp3) is 0.765. The van der Waals surface area contributed by atoms with Crippen molar-refractivity contribution in [1.29, 1.82) is 0 Å². The van der Waals surface area contributed by atoms with Crippen molar-refractivity contribution in [2.45, 2.75) is 65.3 Å². The zero-order valence-corrected chi connectivity index (χ0v) is 15.4. The maximum absolute atomic E-state index is 3.85. The minimum Gasteiger partial charge on any atom is -0.309 e. The minimum absolute atomic E-state index is 0.565. The third kappa shape index (κ3) is 3.86. The van der Waals surface area contributed by atoms with Crippen LogP contribution in [0.1, 0.15) is 68.9 Å². The molecule has 2 rings (SSSR count). The Labute approximate surface area is 136 Å². The van der Waals surface area contributed by atoms with Crippen LogP contribution in [0.3, 0.4) is 0 Å². The molecule has 0 bridgehead atoms. The number of thiophene rings is 1. The molecule has 0 saturated heterocycles. The van der Waals surface area contributed by atoms with Gasteiger partial charge in [-0.3, -0.25) is 0 Å². The quantitative estimate of drug-likeness (QED) is 0.650. The van der Waals surface area contributed by atoms with E-state index in [2.05, 4.69) is 48.1 Å². The van der Waals surface area contributed by atoms with Crippen LogP contribution < -0.4 is 5.32 Å². The third-order valence-electron chi connectivity index (χ3n) is 4.72. The highest BCUT2D eigenvalue weighted by Gasteiger charge is 2.32. The summed E-state index contributed by atoms with van der Waals surface area (Å²) in [6.45, 7) is 7.97. The SMILES string of the molecule is CCCNC(c1cc(C)c(Br)s1)C1CCCCC1CC. The summed E-state index contributed by atoms with van der Waals surface area (Å²) in [5, 5.41) is 3.85. The van der Waals surface area contributed by atoms with Gasteiger partial charge in [0, 0.05) is 10.9 Å². The fourth-order valence-corrected chi connectivity index (χ4v) is 5.30. The zero-order valence-electron chi connectivity index (χ0n) is 13.0. The number of halogens is 1. The van der Waals surface area contributed by atoms with E-state index < -0.39 is 0 Å². The molecule has 3 unspecified atom stereocenters. The summed E-state index contributed by atoms with van der Waals surface area (Å²) >= 11 is 5.63. The van der Waals surface area contributed by atoms with E-state index in [4.69, 9.17) is 0 Å². The second kappa shape index (κ2) is 7.95. The van der Waals surface area contributed by atoms with Crippen LogP contribution in [-0.4, -0.2) is 6.54 Å². The average molecular weight is 358 g/mol. The zero-order chi connectivity index (χ0) is 14.5. The van der Waals surface area contributed by atoms with E-state index in [1.807, 2.05) is 11.3 Å². The summed E-state index contributed by atoms with van der Waals surface area (Å²) in [5.41, 5.74) is 1.39. The second-order valence-electron chi connectivity index (χ2n) is 6.15. The first-order valence-electron chi connectivity index (χ1n) is 8.16. The first-order chi connectivity index (χ1) is 9.67. The van der Waals surface area contributed by atoms with Crippen molar-refractivity contribution in [3.05, 3.63) is 20.3 Å². The van der Waals surface area contributed by atoms with Crippen LogP contribution >= 0.6 is 27.3 Å². The van der Waals surface area contributed by atoms with E-state index in [1.165, 1.54) is 52.8 Å². The molecule has 1 aliphatic carbocycles. The second-order valence-corrected chi connectivity index (χ2v) is 8.56. The van der Waals surface area contributed by atoms with Gasteiger partial charge < -0.3 is 5.32 Å². The molecular formula is C17H28BrNS. The Morgan fingerprint density at radius 1 is 1.35 bits per heavy atom. The number of rotatable bonds is 6. The van der Waals surface area contributed by atoms with E-state index in [0.29, 0.717) is 6.04 Å². The molecule has 3 heteroatoms. The van der Waals surface area contributed by atoms with Gasteiger partial charge in [0.1, 0.15) is 0 Å². The van der Waals surface area contributed by atoms with Crippen molar-refractivity contribution in [1.82, 2.24) is 5.32 Å². The molecule has 1 heterocycles. The van der Waals surface area contributed by atoms with Crippen LogP contribution in [0.15, 0.2) is 9.85 Å². The largest absolute Gasteiger partial charge is 0.309 e. The molecule has 0 aromatic carbocycles. The standard InChI is InChI=1S/C17H28BrNS/c1-4-10-19-16(15-11-12(3)17(18)20-15)14-9-7-6-8-13(14)5-2/h11,13-14,16,19H,4-10H2,1-3H3. The van der Waals surface area contributed by atoms with Gasteiger partial charge in [0.25, 0.3) is 0 Å². The summed E-state index contributed by atoms with van der Waals surface area (Å²) in [7, 11) is 0. The summed E-state index contributed by atoms with van der Waals surface area (Å²) in [5.74, 6) is 1.73. The number of nitrogens with one attached hydrogen (secondary N) is 1. The van der Waals surface area contributed by atoms with E-state index in [0.717, 1.165) is 18.4 Å². The van der Waals surface area contributed by atoms with Gasteiger partial charge in [-0.15, -0.1) is 11.3 Å².